The van der Waals surface area contributed by atoms with Gasteiger partial charge in [-0.15, -0.1) is 0 Å². The van der Waals surface area contributed by atoms with Gasteiger partial charge in [-0.05, 0) is 29.9 Å². The number of thiocarbonyl (C=S) groups is 1. The minimum atomic E-state index is 0.113. The maximum absolute atomic E-state index is 5.97. The van der Waals surface area contributed by atoms with Crippen LogP contribution in [0.4, 0.5) is 11.8 Å². The summed E-state index contributed by atoms with van der Waals surface area (Å²) in [5, 5.41) is 4.88. The Balaban J connectivity index is 1.63. The topological polar surface area (TPSA) is 85.9 Å². The van der Waals surface area contributed by atoms with E-state index in [1.54, 1.807) is 12.4 Å². The van der Waals surface area contributed by atoms with E-state index >= 15 is 0 Å². The predicted octanol–water partition coefficient (Wildman–Crippen LogP) is 1.69. The Morgan fingerprint density at radius 3 is 2.59 bits per heavy atom. The molecular weight excluding hydrogens is 408 g/mol. The van der Waals surface area contributed by atoms with Gasteiger partial charge in [-0.3, -0.25) is 10.3 Å². The van der Waals surface area contributed by atoms with Gasteiger partial charge in [-0.25, -0.2) is 4.98 Å². The van der Waals surface area contributed by atoms with Crippen LogP contribution < -0.4 is 21.0 Å². The molecule has 1 saturated heterocycles. The van der Waals surface area contributed by atoms with Crippen LogP contribution >= 0.6 is 23.8 Å². The summed E-state index contributed by atoms with van der Waals surface area (Å²) < 4.78 is 0. The molecular formula is C19H25ClN8S. The van der Waals surface area contributed by atoms with Gasteiger partial charge >= 0.3 is 0 Å². The van der Waals surface area contributed by atoms with Crippen molar-refractivity contribution in [1.29, 1.82) is 0 Å². The summed E-state index contributed by atoms with van der Waals surface area (Å²) in [7, 11) is 3.88. The normalized spacial score (nSPS) is 14.9. The molecule has 10 heteroatoms. The Morgan fingerprint density at radius 1 is 1.28 bits per heavy atom. The number of halogens is 1. The van der Waals surface area contributed by atoms with E-state index in [4.69, 9.17) is 34.5 Å². The number of hydrogen-bond acceptors (Lipinski definition) is 7. The number of rotatable bonds is 6. The van der Waals surface area contributed by atoms with E-state index < -0.39 is 0 Å². The Bertz CT molecular complexity index is 863. The molecule has 1 fully saturated rings. The number of nitrogens with one attached hydrogen (secondary N) is 1. The largest absolute Gasteiger partial charge is 0.375 e. The average molecular weight is 433 g/mol. The van der Waals surface area contributed by atoms with Crippen molar-refractivity contribution in [2.24, 2.45) is 10.8 Å². The highest BCUT2D eigenvalue weighted by molar-refractivity contribution is 7.80. The molecule has 3 N–H and O–H groups in total. The highest BCUT2D eigenvalue weighted by atomic mass is 35.5. The Labute approximate surface area is 181 Å². The van der Waals surface area contributed by atoms with E-state index in [0.29, 0.717) is 0 Å². The third-order valence-corrected chi connectivity index (χ3v) is 4.90. The van der Waals surface area contributed by atoms with E-state index in [2.05, 4.69) is 37.4 Å². The second kappa shape index (κ2) is 9.82. The van der Waals surface area contributed by atoms with Gasteiger partial charge in [0.1, 0.15) is 5.82 Å². The van der Waals surface area contributed by atoms with E-state index in [1.807, 2.05) is 31.1 Å². The maximum atomic E-state index is 5.97. The quantitative estimate of drug-likeness (QED) is 0.405. The first-order valence-electron chi connectivity index (χ1n) is 9.27. The lowest BCUT2D eigenvalue weighted by Gasteiger charge is -2.35. The van der Waals surface area contributed by atoms with Crippen LogP contribution in [0.1, 0.15) is 11.1 Å². The van der Waals surface area contributed by atoms with Crippen molar-refractivity contribution in [3.8, 4) is 0 Å². The molecule has 1 aromatic heterocycles. The molecule has 0 radical (unpaired) electrons. The molecule has 3 rings (SSSR count). The molecule has 1 aliphatic rings. The van der Waals surface area contributed by atoms with Gasteiger partial charge in [0.15, 0.2) is 5.11 Å². The maximum Gasteiger partial charge on any atom is 0.227 e. The van der Waals surface area contributed by atoms with Crippen molar-refractivity contribution in [2.75, 3.05) is 50.1 Å². The van der Waals surface area contributed by atoms with Crippen molar-refractivity contribution in [2.45, 2.75) is 6.54 Å². The molecule has 1 aliphatic heterocycles. The summed E-state index contributed by atoms with van der Waals surface area (Å²) >= 11 is 10.7. The molecule has 0 unspecified atom stereocenters. The molecule has 8 nitrogen and oxygen atoms in total. The van der Waals surface area contributed by atoms with Crippen molar-refractivity contribution in [1.82, 2.24) is 20.3 Å². The molecule has 0 spiro atoms. The van der Waals surface area contributed by atoms with Crippen LogP contribution in [0.2, 0.25) is 5.02 Å². The zero-order chi connectivity index (χ0) is 20.8. The fourth-order valence-corrected chi connectivity index (χ4v) is 3.27. The second-order valence-electron chi connectivity index (χ2n) is 6.97. The molecule has 1 aromatic carbocycles. The summed E-state index contributed by atoms with van der Waals surface area (Å²) in [6.45, 7) is 4.56. The lowest BCUT2D eigenvalue weighted by molar-refractivity contribution is 0.248. The predicted molar refractivity (Wildman–Crippen MR) is 123 cm³/mol. The van der Waals surface area contributed by atoms with Gasteiger partial charge in [-0.1, -0.05) is 23.7 Å². The van der Waals surface area contributed by atoms with E-state index in [9.17, 15) is 0 Å². The third-order valence-electron chi connectivity index (χ3n) is 4.56. The first-order valence-corrected chi connectivity index (χ1v) is 10.1. The van der Waals surface area contributed by atoms with Crippen molar-refractivity contribution in [3.05, 3.63) is 46.6 Å². The molecule has 154 valence electrons. The highest BCUT2D eigenvalue weighted by Crippen LogP contribution is 2.19. The van der Waals surface area contributed by atoms with Crippen LogP contribution in [-0.4, -0.2) is 66.5 Å². The first-order chi connectivity index (χ1) is 13.9. The number of benzene rings is 1. The molecule has 0 aliphatic carbocycles. The fraction of sp³-hybridized carbons (Fsp3) is 0.368. The van der Waals surface area contributed by atoms with Crippen molar-refractivity contribution >= 4 is 46.9 Å². The minimum Gasteiger partial charge on any atom is -0.375 e. The van der Waals surface area contributed by atoms with Gasteiger partial charge in [0.2, 0.25) is 5.95 Å². The zero-order valence-corrected chi connectivity index (χ0v) is 18.1. The average Bonchev–Trinajstić information content (AvgIpc) is 2.70. The third kappa shape index (κ3) is 5.99. The van der Waals surface area contributed by atoms with E-state index in [-0.39, 0.29) is 5.11 Å². The molecule has 2 aromatic rings. The van der Waals surface area contributed by atoms with Crippen molar-refractivity contribution < 1.29 is 0 Å². The molecule has 2 heterocycles. The van der Waals surface area contributed by atoms with Crippen molar-refractivity contribution in [3.63, 3.8) is 0 Å². The standard InChI is InChI=1S/C19H25ClN8S/c1-26(2)17-15(12-23-25-18(21)29)11-22-19(24-17)28-9-7-27(8-10-28)13-14-3-5-16(20)6-4-14/h3-6,11-12H,7-10,13H2,1-2H3,(H3,21,25,29)/b23-12+. The summed E-state index contributed by atoms with van der Waals surface area (Å²) in [6.07, 6.45) is 3.38. The van der Waals surface area contributed by atoms with Crippen LogP contribution in [0.3, 0.4) is 0 Å². The minimum absolute atomic E-state index is 0.113. The van der Waals surface area contributed by atoms with Gasteiger partial charge in [0.05, 0.1) is 11.8 Å². The van der Waals surface area contributed by atoms with Gasteiger partial charge in [0.25, 0.3) is 0 Å². The number of hydrazone groups is 1. The summed E-state index contributed by atoms with van der Waals surface area (Å²) in [6, 6.07) is 8.03. The van der Waals surface area contributed by atoms with Gasteiger partial charge in [-0.2, -0.15) is 10.1 Å². The molecule has 0 saturated carbocycles. The monoisotopic (exact) mass is 432 g/mol. The van der Waals surface area contributed by atoms with Crippen LogP contribution in [-0.2, 0) is 6.54 Å². The number of piperazine rings is 1. The summed E-state index contributed by atoms with van der Waals surface area (Å²) in [5.41, 5.74) is 9.99. The highest BCUT2D eigenvalue weighted by Gasteiger charge is 2.20. The molecule has 0 amide bonds. The number of nitrogens with zero attached hydrogens (tertiary/aromatic N) is 6. The Hall–Kier alpha value is -2.49. The first kappa shape index (κ1) is 21.2. The molecule has 0 atom stereocenters. The van der Waals surface area contributed by atoms with Crippen LogP contribution in [0.5, 0.6) is 0 Å². The number of anilines is 2. The van der Waals surface area contributed by atoms with Crippen LogP contribution in [0.15, 0.2) is 35.6 Å². The SMILES string of the molecule is CN(C)c1nc(N2CCN(Cc3ccc(Cl)cc3)CC2)ncc1/C=N/NC(N)=S. The lowest BCUT2D eigenvalue weighted by atomic mass is 10.2. The Kier molecular flexibility index (Phi) is 7.18. The smallest absolute Gasteiger partial charge is 0.227 e. The lowest BCUT2D eigenvalue weighted by Crippen LogP contribution is -2.46. The van der Waals surface area contributed by atoms with Gasteiger partial charge in [0, 0.05) is 58.0 Å². The number of hydrogen-bond donors (Lipinski definition) is 2. The zero-order valence-electron chi connectivity index (χ0n) is 16.5. The van der Waals surface area contributed by atoms with Gasteiger partial charge < -0.3 is 15.5 Å². The van der Waals surface area contributed by atoms with E-state index in [0.717, 1.165) is 55.1 Å². The fourth-order valence-electron chi connectivity index (χ4n) is 3.09. The van der Waals surface area contributed by atoms with E-state index in [1.165, 1.54) is 5.56 Å². The molecule has 29 heavy (non-hydrogen) atoms. The number of nitrogens with two attached hydrogens (primary N) is 1. The Morgan fingerprint density at radius 2 is 1.97 bits per heavy atom. The molecule has 0 bridgehead atoms. The summed E-state index contributed by atoms with van der Waals surface area (Å²) in [4.78, 5) is 15.8. The second-order valence-corrected chi connectivity index (χ2v) is 7.84. The van der Waals surface area contributed by atoms with Crippen LogP contribution in [0, 0.1) is 0 Å². The van der Waals surface area contributed by atoms with Crippen LogP contribution in [0.25, 0.3) is 0 Å². The number of aromatic nitrogens is 2. The summed E-state index contributed by atoms with van der Waals surface area (Å²) in [5.74, 6) is 1.51.